The molecule has 119 heavy (non-hydrogen) atoms. The normalized spacial score (nSPS) is 10.7. The van der Waals surface area contributed by atoms with Crippen LogP contribution in [-0.2, 0) is 0 Å². The Morgan fingerprint density at radius 2 is 0.496 bits per heavy atom. The molecule has 594 valence electrons. The number of nitrogen functional groups attached to an aromatic ring is 2. The highest BCUT2D eigenvalue weighted by Gasteiger charge is 2.19. The fourth-order valence-corrected chi connectivity index (χ4v) is 11.8. The minimum absolute atomic E-state index is 0.431. The fraction of sp³-hybridized carbons (Fsp3) is 0.161. The van der Waals surface area contributed by atoms with Crippen LogP contribution in [0.2, 0.25) is 0 Å². The molecule has 0 spiro atoms. The molecular weight excluding hydrogens is 1490 g/mol. The Labute approximate surface area is 687 Å². The van der Waals surface area contributed by atoms with Gasteiger partial charge in [0.05, 0.1) is 0 Å². The summed E-state index contributed by atoms with van der Waals surface area (Å²) in [4.78, 5) is 50.8. The van der Waals surface area contributed by atoms with Crippen LogP contribution in [0.5, 0.6) is 0 Å². The summed E-state index contributed by atoms with van der Waals surface area (Å²) in [6, 6.07) is 53.1. The number of hydrogen-bond acceptors (Lipinski definition) is 26. The molecule has 4 N–H and O–H groups in total. The van der Waals surface area contributed by atoms with Gasteiger partial charge < -0.3 is 38.6 Å². The Hall–Kier alpha value is -15.3. The van der Waals surface area contributed by atoms with Crippen molar-refractivity contribution in [2.75, 3.05) is 11.5 Å². The molecule has 12 heterocycles. The maximum atomic E-state index is 5.65. The number of nitrogens with two attached hydrogens (primary N) is 2. The van der Waals surface area contributed by atoms with Crippen molar-refractivity contribution in [3.8, 4) is 137 Å². The molecule has 18 aromatic rings. The summed E-state index contributed by atoms with van der Waals surface area (Å²) in [6.07, 6.45) is 17.3. The van der Waals surface area contributed by atoms with E-state index in [1.165, 1.54) is 66.8 Å². The maximum Gasteiger partial charge on any atom is 0.258 e. The third-order valence-electron chi connectivity index (χ3n) is 19.7. The topological polar surface area (TPSA) is 363 Å². The van der Waals surface area contributed by atoms with Crippen molar-refractivity contribution >= 4 is 11.6 Å². The van der Waals surface area contributed by atoms with Crippen molar-refractivity contribution in [3.63, 3.8) is 0 Å². The van der Waals surface area contributed by atoms with Crippen molar-refractivity contribution in [2.24, 2.45) is 0 Å². The molecule has 26 nitrogen and oxygen atoms in total. The van der Waals surface area contributed by atoms with E-state index in [-0.39, 0.29) is 0 Å². The molecular formula is C93H86N20O6. The molecule has 0 atom stereocenters. The summed E-state index contributed by atoms with van der Waals surface area (Å²) in [6.45, 7) is 30.8. The van der Waals surface area contributed by atoms with Crippen molar-refractivity contribution in [3.05, 3.63) is 309 Å². The van der Waals surface area contributed by atoms with Gasteiger partial charge in [-0.15, -0.1) is 0 Å². The Morgan fingerprint density at radius 1 is 0.210 bits per heavy atom. The largest absolute Gasteiger partial charge is 0.384 e. The van der Waals surface area contributed by atoms with Crippen LogP contribution in [0, 0.1) is 104 Å². The Kier molecular flexibility index (Phi) is 25.6. The van der Waals surface area contributed by atoms with Gasteiger partial charge in [-0.2, -0.15) is 29.9 Å². The van der Waals surface area contributed by atoms with Gasteiger partial charge in [0.25, 0.3) is 35.3 Å². The highest BCUT2D eigenvalue weighted by Crippen LogP contribution is 2.32. The van der Waals surface area contributed by atoms with Gasteiger partial charge in [-0.25, -0.2) is 9.97 Å². The Balaban J connectivity index is 0.000000124. The Morgan fingerprint density at radius 3 is 0.782 bits per heavy atom. The lowest BCUT2D eigenvalue weighted by atomic mass is 10.1. The molecule has 0 amide bonds. The number of aromatic nitrogens is 18. The Bertz CT molecular complexity index is 6100. The number of nitrogens with zero attached hydrogens (tertiary/aromatic N) is 18. The average Bonchev–Trinajstić information content (AvgIpc) is 1.71. The third-order valence-corrected chi connectivity index (χ3v) is 19.7. The number of benzene rings is 6. The van der Waals surface area contributed by atoms with Gasteiger partial charge in [-0.3, -0.25) is 19.9 Å². The van der Waals surface area contributed by atoms with E-state index < -0.39 is 0 Å². The van der Waals surface area contributed by atoms with E-state index in [1.54, 1.807) is 86.2 Å². The molecule has 6 aromatic carbocycles. The minimum atomic E-state index is 0.431. The second kappa shape index (κ2) is 37.3. The number of aryl methyl sites for hydroxylation is 15. The lowest BCUT2D eigenvalue weighted by Crippen LogP contribution is -1.90. The fourth-order valence-electron chi connectivity index (χ4n) is 11.8. The zero-order valence-corrected chi connectivity index (χ0v) is 68.5. The summed E-state index contributed by atoms with van der Waals surface area (Å²) < 4.78 is 32.0. The lowest BCUT2D eigenvalue weighted by Gasteiger charge is -2.00. The van der Waals surface area contributed by atoms with Crippen LogP contribution in [0.25, 0.3) is 137 Å². The second-order valence-corrected chi connectivity index (χ2v) is 28.6. The van der Waals surface area contributed by atoms with Crippen LogP contribution in [0.15, 0.2) is 253 Å². The average molecular weight is 1580 g/mol. The molecule has 0 saturated heterocycles. The lowest BCUT2D eigenvalue weighted by molar-refractivity contribution is 0.432. The van der Waals surface area contributed by atoms with E-state index in [0.29, 0.717) is 81.9 Å². The van der Waals surface area contributed by atoms with Crippen LogP contribution in [0.3, 0.4) is 0 Å². The zero-order valence-electron chi connectivity index (χ0n) is 68.5. The van der Waals surface area contributed by atoms with Crippen LogP contribution in [0.4, 0.5) is 11.6 Å². The van der Waals surface area contributed by atoms with Gasteiger partial charge in [0.2, 0.25) is 34.9 Å². The van der Waals surface area contributed by atoms with Crippen LogP contribution >= 0.6 is 0 Å². The molecule has 0 aliphatic rings. The predicted molar refractivity (Wildman–Crippen MR) is 458 cm³/mol. The SMILES string of the molecule is Cc1ccc(-c2nc(-c3cccnc3)no2)cc1C.Cc1ccc(-c2nc(-c3ccnc(N)c3)no2)cc1C.Cc1ccc(-c2nc(-c3ccnc(N)c3)no2)cc1C.Cc1ccc(-c2nc(-c3ccncc3C)no2)cc1C.Cc1ccc(-c2nc(-c3ccncc3C)no2)cc1C.Cc1cncc(-c2noc(-c3ccc(C)c(C)c3)n2)c1. The van der Waals surface area contributed by atoms with Crippen molar-refractivity contribution in [1.29, 1.82) is 0 Å². The summed E-state index contributed by atoms with van der Waals surface area (Å²) >= 11 is 0. The van der Waals surface area contributed by atoms with Crippen LogP contribution in [-0.4, -0.2) is 90.7 Å². The van der Waals surface area contributed by atoms with Crippen molar-refractivity contribution < 1.29 is 27.1 Å². The van der Waals surface area contributed by atoms with Crippen LogP contribution in [0.1, 0.15) is 83.5 Å². The molecule has 18 rings (SSSR count). The van der Waals surface area contributed by atoms with E-state index in [9.17, 15) is 0 Å². The van der Waals surface area contributed by atoms with Gasteiger partial charge in [-0.05, 0) is 315 Å². The summed E-state index contributed by atoms with van der Waals surface area (Å²) in [5.74, 6) is 7.33. The van der Waals surface area contributed by atoms with E-state index in [4.69, 9.17) is 38.6 Å². The highest BCUT2D eigenvalue weighted by atomic mass is 16.5. The standard InChI is InChI=1S/3C16H15N3O.2C15H14N4O.C15H13N3O/c1-10-6-14(9-17-8-10)15-18-16(20-19-15)13-5-4-11(2)12(3)7-13;2*1-10-4-5-13(8-11(10)2)16-18-15(19-20-16)14-6-7-17-9-12(14)3;2*1-9-3-4-12(7-10(9)2)15-18-14(19-20-15)11-5-6-17-13(16)8-11;1-10-5-6-12(8-11(10)2)15-17-14(18-19-15)13-4-3-7-16-9-13/h3*4-9H,1-3H3;2*3-8H,1-2H3,(H2,16,17);3-9H,1-2H3. The molecule has 26 heteroatoms. The predicted octanol–water partition coefficient (Wildman–Crippen LogP) is 20.6. The molecule has 0 aliphatic heterocycles. The molecule has 0 bridgehead atoms. The van der Waals surface area contributed by atoms with E-state index in [1.807, 2.05) is 112 Å². The van der Waals surface area contributed by atoms with Crippen molar-refractivity contribution in [2.45, 2.75) is 104 Å². The third kappa shape index (κ3) is 20.6. The monoisotopic (exact) mass is 1580 g/mol. The number of pyridine rings is 6. The first-order valence-corrected chi connectivity index (χ1v) is 38.0. The quantitative estimate of drug-likeness (QED) is 0.115. The number of anilines is 2. The second-order valence-electron chi connectivity index (χ2n) is 28.6. The van der Waals surface area contributed by atoms with Gasteiger partial charge in [0.1, 0.15) is 11.6 Å². The number of rotatable bonds is 12. The van der Waals surface area contributed by atoms with Crippen LogP contribution < -0.4 is 11.5 Å². The maximum absolute atomic E-state index is 5.65. The minimum Gasteiger partial charge on any atom is -0.384 e. The smallest absolute Gasteiger partial charge is 0.258 e. The summed E-state index contributed by atoms with van der Waals surface area (Å²) in [5, 5.41) is 24.1. The molecule has 0 aliphatic carbocycles. The van der Waals surface area contributed by atoms with Gasteiger partial charge in [0.15, 0.2) is 0 Å². The van der Waals surface area contributed by atoms with Gasteiger partial charge in [-0.1, -0.05) is 67.3 Å². The van der Waals surface area contributed by atoms with Crippen molar-refractivity contribution in [1.82, 2.24) is 90.7 Å². The summed E-state index contributed by atoms with van der Waals surface area (Å²) in [7, 11) is 0. The molecule has 0 saturated carbocycles. The first-order chi connectivity index (χ1) is 57.4. The molecule has 0 fully saturated rings. The molecule has 0 radical (unpaired) electrons. The highest BCUT2D eigenvalue weighted by molar-refractivity contribution is 5.68. The number of hydrogen-bond donors (Lipinski definition) is 2. The first kappa shape index (κ1) is 81.7. The first-order valence-electron chi connectivity index (χ1n) is 38.0. The van der Waals surface area contributed by atoms with Gasteiger partial charge in [0, 0.05) is 129 Å². The molecule has 12 aromatic heterocycles. The zero-order chi connectivity index (χ0) is 83.8. The van der Waals surface area contributed by atoms with E-state index in [2.05, 4.69) is 222 Å². The molecule has 0 unspecified atom stereocenters. The van der Waals surface area contributed by atoms with E-state index in [0.717, 1.165) is 83.5 Å². The van der Waals surface area contributed by atoms with E-state index >= 15 is 0 Å². The summed E-state index contributed by atoms with van der Waals surface area (Å²) in [5.41, 5.74) is 39.9. The van der Waals surface area contributed by atoms with Gasteiger partial charge >= 0.3 is 0 Å².